The van der Waals surface area contributed by atoms with Gasteiger partial charge in [-0.25, -0.2) is 4.31 Å². The Morgan fingerprint density at radius 1 is 1.23 bits per heavy atom. The number of benzene rings is 1. The van der Waals surface area contributed by atoms with Gasteiger partial charge in [-0.05, 0) is 36.3 Å². The Kier molecular flexibility index (Phi) is 3.22. The molecule has 74 valence electrons. The van der Waals surface area contributed by atoms with Gasteiger partial charge in [0.15, 0.2) is 0 Å². The molecule has 0 amide bonds. The van der Waals surface area contributed by atoms with Crippen molar-refractivity contribution >= 4 is 10.1 Å². The second kappa shape index (κ2) is 4.03. The molecule has 0 unspecified atom stereocenters. The van der Waals surface area contributed by atoms with E-state index in [0.717, 1.165) is 4.90 Å². The molecule has 0 N–H and O–H groups in total. The standard InChI is InChI=1S/C10H17NOS/c1-4-13(12,11(2)3)10-8-6-5-7-9-10/h5-9,13H,4H2,1-3H3. The quantitative estimate of drug-likeness (QED) is 0.733. The van der Waals surface area contributed by atoms with E-state index in [2.05, 4.69) is 0 Å². The lowest BCUT2D eigenvalue weighted by Crippen LogP contribution is -2.32. The van der Waals surface area contributed by atoms with Gasteiger partial charge in [-0.3, -0.25) is 4.21 Å². The van der Waals surface area contributed by atoms with Crippen LogP contribution < -0.4 is 0 Å². The molecule has 0 spiro atoms. The normalized spacial score (nSPS) is 13.2. The summed E-state index contributed by atoms with van der Waals surface area (Å²) in [7, 11) is 1.45. The van der Waals surface area contributed by atoms with E-state index in [1.165, 1.54) is 0 Å². The zero-order valence-electron chi connectivity index (χ0n) is 8.40. The van der Waals surface area contributed by atoms with Crippen LogP contribution in [0.2, 0.25) is 0 Å². The molecule has 0 saturated heterocycles. The predicted molar refractivity (Wildman–Crippen MR) is 58.5 cm³/mol. The van der Waals surface area contributed by atoms with Crippen molar-refractivity contribution in [1.82, 2.24) is 4.31 Å². The summed E-state index contributed by atoms with van der Waals surface area (Å²) in [4.78, 5) is 0.947. The molecule has 0 aliphatic rings. The van der Waals surface area contributed by atoms with E-state index in [4.69, 9.17) is 0 Å². The van der Waals surface area contributed by atoms with E-state index in [1.54, 1.807) is 0 Å². The summed E-state index contributed by atoms with van der Waals surface area (Å²) in [6.45, 7) is 1.97. The number of nitrogens with zero attached hydrogens (tertiary/aromatic N) is 1. The number of thiol groups is 1. The van der Waals surface area contributed by atoms with Crippen molar-refractivity contribution in [2.75, 3.05) is 19.8 Å². The summed E-state index contributed by atoms with van der Waals surface area (Å²) in [5.74, 6) is 0.685. The van der Waals surface area contributed by atoms with Gasteiger partial charge in [-0.2, -0.15) is 0 Å². The van der Waals surface area contributed by atoms with E-state index >= 15 is 0 Å². The molecule has 0 aromatic heterocycles. The fourth-order valence-electron chi connectivity index (χ4n) is 1.36. The molecule has 13 heavy (non-hydrogen) atoms. The van der Waals surface area contributed by atoms with Crippen molar-refractivity contribution in [1.29, 1.82) is 0 Å². The molecular weight excluding hydrogens is 182 g/mol. The van der Waals surface area contributed by atoms with Gasteiger partial charge in [0.1, 0.15) is 0 Å². The van der Waals surface area contributed by atoms with Gasteiger partial charge in [0.2, 0.25) is 0 Å². The first-order chi connectivity index (χ1) is 6.11. The van der Waals surface area contributed by atoms with Crippen molar-refractivity contribution in [2.45, 2.75) is 11.8 Å². The number of rotatable bonds is 3. The minimum Gasteiger partial charge on any atom is -0.267 e. The first-order valence-corrected chi connectivity index (χ1v) is 6.28. The lowest BCUT2D eigenvalue weighted by molar-refractivity contribution is 0.582. The highest BCUT2D eigenvalue weighted by molar-refractivity contribution is 8.00. The van der Waals surface area contributed by atoms with Crippen molar-refractivity contribution in [3.8, 4) is 0 Å². The smallest absolute Gasteiger partial charge is 0.0272 e. The Morgan fingerprint density at radius 2 is 1.77 bits per heavy atom. The van der Waals surface area contributed by atoms with Crippen LogP contribution in [0.25, 0.3) is 0 Å². The highest BCUT2D eigenvalue weighted by Crippen LogP contribution is 2.20. The van der Waals surface area contributed by atoms with E-state index in [0.29, 0.717) is 5.75 Å². The Balaban J connectivity index is 3.12. The molecule has 0 aliphatic heterocycles. The highest BCUT2D eigenvalue weighted by Gasteiger charge is 2.16. The second-order valence-corrected chi connectivity index (χ2v) is 6.55. The molecule has 0 heterocycles. The van der Waals surface area contributed by atoms with Crippen LogP contribution in [0, 0.1) is 0 Å². The zero-order chi connectivity index (χ0) is 9.90. The molecule has 0 fully saturated rings. The van der Waals surface area contributed by atoms with Gasteiger partial charge in [0.25, 0.3) is 0 Å². The fraction of sp³-hybridized carbons (Fsp3) is 0.400. The maximum atomic E-state index is 12.4. The third kappa shape index (κ3) is 1.98. The number of hydrogen-bond acceptors (Lipinski definition) is 1. The summed E-state index contributed by atoms with van der Waals surface area (Å²) < 4.78 is 14.2. The minimum absolute atomic E-state index is 0.685. The summed E-state index contributed by atoms with van der Waals surface area (Å²) in [5.41, 5.74) is 0. The average molecular weight is 199 g/mol. The van der Waals surface area contributed by atoms with Crippen LogP contribution in [0.1, 0.15) is 6.92 Å². The fourth-order valence-corrected chi connectivity index (χ4v) is 3.39. The molecule has 1 aromatic rings. The summed E-state index contributed by atoms with van der Waals surface area (Å²) in [6, 6.07) is 9.68. The highest BCUT2D eigenvalue weighted by atomic mass is 32.3. The molecule has 0 atom stereocenters. The Hall–Kier alpha value is -0.670. The first kappa shape index (κ1) is 10.4. The van der Waals surface area contributed by atoms with Crippen molar-refractivity contribution in [2.24, 2.45) is 0 Å². The van der Waals surface area contributed by atoms with Crippen LogP contribution >= 0.6 is 0 Å². The lowest BCUT2D eigenvalue weighted by Gasteiger charge is -2.29. The molecular formula is C10H17NOS. The van der Waals surface area contributed by atoms with Crippen LogP contribution in [0.15, 0.2) is 35.2 Å². The SMILES string of the molecule is CC[SH](=O)(c1ccccc1)N(C)C. The van der Waals surface area contributed by atoms with Crippen molar-refractivity contribution in [3.05, 3.63) is 30.3 Å². The van der Waals surface area contributed by atoms with Gasteiger partial charge in [0, 0.05) is 10.6 Å². The number of hydrogen-bond donors (Lipinski definition) is 1. The Bertz CT molecular complexity index is 308. The molecule has 0 aliphatic carbocycles. The van der Waals surface area contributed by atoms with Crippen LogP contribution in [0.5, 0.6) is 0 Å². The van der Waals surface area contributed by atoms with Crippen LogP contribution in [0.3, 0.4) is 0 Å². The Morgan fingerprint density at radius 3 is 2.15 bits per heavy atom. The minimum atomic E-state index is -2.29. The van der Waals surface area contributed by atoms with E-state index in [1.807, 2.05) is 55.7 Å². The lowest BCUT2D eigenvalue weighted by atomic mass is 10.4. The Labute approximate surface area is 81.1 Å². The summed E-state index contributed by atoms with van der Waals surface area (Å²) >= 11 is 0. The van der Waals surface area contributed by atoms with E-state index in [-0.39, 0.29) is 0 Å². The maximum Gasteiger partial charge on any atom is 0.0272 e. The molecule has 0 radical (unpaired) electrons. The van der Waals surface area contributed by atoms with Gasteiger partial charge in [0.05, 0.1) is 0 Å². The topological polar surface area (TPSA) is 20.3 Å². The van der Waals surface area contributed by atoms with E-state index < -0.39 is 10.1 Å². The molecule has 1 aromatic carbocycles. The van der Waals surface area contributed by atoms with Crippen molar-refractivity contribution < 1.29 is 4.21 Å². The molecule has 0 bridgehead atoms. The largest absolute Gasteiger partial charge is 0.267 e. The van der Waals surface area contributed by atoms with Crippen molar-refractivity contribution in [3.63, 3.8) is 0 Å². The second-order valence-electron chi connectivity index (χ2n) is 3.20. The summed E-state index contributed by atoms with van der Waals surface area (Å²) in [6.07, 6.45) is 0. The molecule has 1 rings (SSSR count). The van der Waals surface area contributed by atoms with Crippen LogP contribution in [-0.2, 0) is 10.1 Å². The third-order valence-electron chi connectivity index (χ3n) is 2.23. The van der Waals surface area contributed by atoms with Gasteiger partial charge in [-0.15, -0.1) is 0 Å². The predicted octanol–water partition coefficient (Wildman–Crippen LogP) is 1.56. The van der Waals surface area contributed by atoms with Crippen LogP contribution in [0.4, 0.5) is 0 Å². The van der Waals surface area contributed by atoms with Gasteiger partial charge < -0.3 is 0 Å². The van der Waals surface area contributed by atoms with E-state index in [9.17, 15) is 4.21 Å². The first-order valence-electron chi connectivity index (χ1n) is 4.43. The van der Waals surface area contributed by atoms with Gasteiger partial charge >= 0.3 is 0 Å². The van der Waals surface area contributed by atoms with Gasteiger partial charge in [-0.1, -0.05) is 25.1 Å². The van der Waals surface area contributed by atoms with Crippen LogP contribution in [-0.4, -0.2) is 28.4 Å². The zero-order valence-corrected chi connectivity index (χ0v) is 9.29. The molecule has 3 heteroatoms. The molecule has 0 saturated carbocycles. The molecule has 2 nitrogen and oxygen atoms in total. The maximum absolute atomic E-state index is 12.4. The summed E-state index contributed by atoms with van der Waals surface area (Å²) in [5, 5.41) is 0. The third-order valence-corrected chi connectivity index (χ3v) is 5.49. The average Bonchev–Trinajstić information content (AvgIpc) is 2.17. The monoisotopic (exact) mass is 199 g/mol.